The van der Waals surface area contributed by atoms with Gasteiger partial charge >= 0.3 is 0 Å². The van der Waals surface area contributed by atoms with E-state index < -0.39 is 0 Å². The summed E-state index contributed by atoms with van der Waals surface area (Å²) in [5.74, 6) is -0.106. The molecule has 0 saturated heterocycles. The number of hydrogen-bond donors (Lipinski definition) is 1. The summed E-state index contributed by atoms with van der Waals surface area (Å²) in [6.07, 6.45) is 5.07. The average Bonchev–Trinajstić information content (AvgIpc) is 2.99. The molecule has 3 nitrogen and oxygen atoms in total. The number of aromatic nitrogens is 2. The topological polar surface area (TPSA) is 45.8 Å². The maximum absolute atomic E-state index is 12.5. The summed E-state index contributed by atoms with van der Waals surface area (Å²) in [6, 6.07) is 19.7. The molecule has 0 unspecified atom stereocenters. The fraction of sp³-hybridized carbons (Fsp3) is 0. The third-order valence-electron chi connectivity index (χ3n) is 3.89. The van der Waals surface area contributed by atoms with Gasteiger partial charge in [0, 0.05) is 22.5 Å². The van der Waals surface area contributed by atoms with Gasteiger partial charge in [-0.15, -0.1) is 0 Å². The van der Waals surface area contributed by atoms with Crippen LogP contribution in [0.1, 0.15) is 16.1 Å². The Labute approximate surface area is 133 Å². The molecule has 1 N–H and O–H groups in total. The second-order valence-electron chi connectivity index (χ2n) is 5.36. The molecule has 4 rings (SSSR count). The van der Waals surface area contributed by atoms with E-state index in [2.05, 4.69) is 9.97 Å². The number of aromatic amines is 1. The van der Waals surface area contributed by atoms with Crippen molar-refractivity contribution in [2.75, 3.05) is 0 Å². The fourth-order valence-electron chi connectivity index (χ4n) is 2.78. The number of fused-ring (bicyclic) bond motifs is 3. The average molecular weight is 298 g/mol. The summed E-state index contributed by atoms with van der Waals surface area (Å²) >= 11 is 0. The second kappa shape index (κ2) is 5.54. The zero-order valence-corrected chi connectivity index (χ0v) is 12.4. The quantitative estimate of drug-likeness (QED) is 0.443. The second-order valence-corrected chi connectivity index (χ2v) is 5.36. The predicted octanol–water partition coefficient (Wildman–Crippen LogP) is 4.61. The summed E-state index contributed by atoms with van der Waals surface area (Å²) in [6.45, 7) is 0. The van der Waals surface area contributed by atoms with Crippen molar-refractivity contribution in [3.05, 3.63) is 84.2 Å². The van der Waals surface area contributed by atoms with Crippen molar-refractivity contribution in [2.24, 2.45) is 0 Å². The first-order valence-electron chi connectivity index (χ1n) is 7.46. The van der Waals surface area contributed by atoms with E-state index in [1.54, 1.807) is 12.3 Å². The summed E-state index contributed by atoms with van der Waals surface area (Å²) in [5, 5.41) is 2.12. The van der Waals surface area contributed by atoms with Crippen LogP contribution >= 0.6 is 0 Å². The number of carbonyl (C=O) groups is 1. The Bertz CT molecular complexity index is 1030. The molecule has 110 valence electrons. The highest BCUT2D eigenvalue weighted by atomic mass is 16.1. The van der Waals surface area contributed by atoms with Crippen molar-refractivity contribution in [2.45, 2.75) is 0 Å². The molecule has 2 aromatic heterocycles. The van der Waals surface area contributed by atoms with Gasteiger partial charge in [-0.3, -0.25) is 9.78 Å². The van der Waals surface area contributed by atoms with Crippen LogP contribution in [0.15, 0.2) is 72.9 Å². The van der Waals surface area contributed by atoms with Crippen LogP contribution in [0, 0.1) is 0 Å². The minimum Gasteiger partial charge on any atom is -0.353 e. The zero-order valence-electron chi connectivity index (χ0n) is 12.4. The van der Waals surface area contributed by atoms with Gasteiger partial charge in [-0.2, -0.15) is 0 Å². The molecule has 4 aromatic rings. The highest BCUT2D eigenvalue weighted by Crippen LogP contribution is 2.26. The van der Waals surface area contributed by atoms with E-state index in [4.69, 9.17) is 0 Å². The van der Waals surface area contributed by atoms with Crippen LogP contribution in [0.2, 0.25) is 0 Å². The van der Waals surface area contributed by atoms with Crippen LogP contribution in [-0.2, 0) is 0 Å². The Morgan fingerprint density at radius 1 is 0.913 bits per heavy atom. The van der Waals surface area contributed by atoms with E-state index in [0.717, 1.165) is 27.4 Å². The lowest BCUT2D eigenvalue weighted by atomic mass is 10.1. The number of para-hydroxylation sites is 1. The Morgan fingerprint density at radius 2 is 1.70 bits per heavy atom. The number of benzene rings is 2. The third kappa shape index (κ3) is 2.42. The van der Waals surface area contributed by atoms with Gasteiger partial charge in [-0.1, -0.05) is 54.6 Å². The van der Waals surface area contributed by atoms with E-state index in [-0.39, 0.29) is 5.78 Å². The standard InChI is InChI=1S/C20H14N2O/c23-18(11-10-14-6-2-1-3-7-14)20-19-16(12-13-21-20)15-8-4-5-9-17(15)22-19/h1-13,22H/b11-10+. The van der Waals surface area contributed by atoms with Gasteiger partial charge in [-0.25, -0.2) is 0 Å². The van der Waals surface area contributed by atoms with Crippen molar-refractivity contribution in [3.63, 3.8) is 0 Å². The van der Waals surface area contributed by atoms with Gasteiger partial charge in [0.2, 0.25) is 5.78 Å². The smallest absolute Gasteiger partial charge is 0.206 e. The lowest BCUT2D eigenvalue weighted by Gasteiger charge is -1.98. The highest BCUT2D eigenvalue weighted by Gasteiger charge is 2.12. The molecular formula is C20H14N2O. The lowest BCUT2D eigenvalue weighted by Crippen LogP contribution is -1.99. The Hall–Kier alpha value is -3.20. The van der Waals surface area contributed by atoms with Gasteiger partial charge < -0.3 is 4.98 Å². The van der Waals surface area contributed by atoms with Crippen LogP contribution in [0.25, 0.3) is 27.9 Å². The SMILES string of the molecule is O=C(/C=C/c1ccccc1)c1nccc2c1[nH]c1ccccc12. The third-order valence-corrected chi connectivity index (χ3v) is 3.89. The van der Waals surface area contributed by atoms with E-state index in [1.807, 2.05) is 66.7 Å². The largest absolute Gasteiger partial charge is 0.353 e. The molecule has 0 aliphatic carbocycles. The number of pyridine rings is 1. The number of allylic oxidation sites excluding steroid dienone is 1. The summed E-state index contributed by atoms with van der Waals surface area (Å²) in [5.41, 5.74) is 3.24. The first-order valence-corrected chi connectivity index (χ1v) is 7.46. The summed E-state index contributed by atoms with van der Waals surface area (Å²) in [4.78, 5) is 20.1. The predicted molar refractivity (Wildman–Crippen MR) is 93.4 cm³/mol. The first kappa shape index (κ1) is 13.5. The lowest BCUT2D eigenvalue weighted by molar-refractivity contribution is 0.104. The highest BCUT2D eigenvalue weighted by molar-refractivity contribution is 6.17. The minimum absolute atomic E-state index is 0.106. The summed E-state index contributed by atoms with van der Waals surface area (Å²) < 4.78 is 0. The van der Waals surface area contributed by atoms with Crippen molar-refractivity contribution in [1.82, 2.24) is 9.97 Å². The van der Waals surface area contributed by atoms with Crippen LogP contribution in [0.4, 0.5) is 0 Å². The van der Waals surface area contributed by atoms with Crippen LogP contribution < -0.4 is 0 Å². The van der Waals surface area contributed by atoms with E-state index in [9.17, 15) is 4.79 Å². The van der Waals surface area contributed by atoms with Crippen molar-refractivity contribution in [1.29, 1.82) is 0 Å². The molecule has 0 saturated carbocycles. The number of rotatable bonds is 3. The van der Waals surface area contributed by atoms with Gasteiger partial charge in [0.15, 0.2) is 0 Å². The molecule has 2 heterocycles. The molecule has 0 radical (unpaired) electrons. The molecular weight excluding hydrogens is 284 g/mol. The Morgan fingerprint density at radius 3 is 2.57 bits per heavy atom. The van der Waals surface area contributed by atoms with Crippen molar-refractivity contribution >= 4 is 33.7 Å². The van der Waals surface area contributed by atoms with Crippen molar-refractivity contribution in [3.8, 4) is 0 Å². The zero-order chi connectivity index (χ0) is 15.6. The summed E-state index contributed by atoms with van der Waals surface area (Å²) in [7, 11) is 0. The molecule has 0 fully saturated rings. The first-order chi connectivity index (χ1) is 11.3. The molecule has 0 spiro atoms. The molecule has 3 heteroatoms. The molecule has 0 bridgehead atoms. The monoisotopic (exact) mass is 298 g/mol. The minimum atomic E-state index is -0.106. The van der Waals surface area contributed by atoms with Gasteiger partial charge in [-0.05, 0) is 23.8 Å². The molecule has 0 amide bonds. The fourth-order valence-corrected chi connectivity index (χ4v) is 2.78. The molecule has 0 aliphatic heterocycles. The van der Waals surface area contributed by atoms with Gasteiger partial charge in [0.25, 0.3) is 0 Å². The molecule has 0 atom stereocenters. The Balaban J connectivity index is 1.79. The van der Waals surface area contributed by atoms with Crippen molar-refractivity contribution < 1.29 is 4.79 Å². The normalized spacial score (nSPS) is 11.5. The van der Waals surface area contributed by atoms with Crippen LogP contribution in [0.5, 0.6) is 0 Å². The molecule has 2 aromatic carbocycles. The molecule has 0 aliphatic rings. The van der Waals surface area contributed by atoms with Crippen LogP contribution in [-0.4, -0.2) is 15.8 Å². The van der Waals surface area contributed by atoms with E-state index >= 15 is 0 Å². The number of ketones is 1. The number of nitrogens with zero attached hydrogens (tertiary/aromatic N) is 1. The van der Waals surface area contributed by atoms with Gasteiger partial charge in [0.05, 0.1) is 5.52 Å². The Kier molecular flexibility index (Phi) is 3.24. The number of nitrogens with one attached hydrogen (secondary N) is 1. The van der Waals surface area contributed by atoms with E-state index in [1.165, 1.54) is 0 Å². The number of hydrogen-bond acceptors (Lipinski definition) is 2. The maximum atomic E-state index is 12.5. The van der Waals surface area contributed by atoms with Crippen LogP contribution in [0.3, 0.4) is 0 Å². The maximum Gasteiger partial charge on any atom is 0.206 e. The van der Waals surface area contributed by atoms with Gasteiger partial charge in [0.1, 0.15) is 5.69 Å². The van der Waals surface area contributed by atoms with E-state index in [0.29, 0.717) is 5.69 Å². The molecule has 23 heavy (non-hydrogen) atoms. The number of H-pyrrole nitrogens is 1. The number of carbonyl (C=O) groups excluding carboxylic acids is 1.